The summed E-state index contributed by atoms with van der Waals surface area (Å²) in [7, 11) is 0. The van der Waals surface area contributed by atoms with E-state index in [9.17, 15) is 0 Å². The minimum Gasteiger partial charge on any atom is -0.0876 e. The van der Waals surface area contributed by atoms with Crippen molar-refractivity contribution in [3.05, 3.63) is 107 Å². The van der Waals surface area contributed by atoms with Gasteiger partial charge in [0.25, 0.3) is 0 Å². The van der Waals surface area contributed by atoms with Crippen LogP contribution in [0.3, 0.4) is 0 Å². The van der Waals surface area contributed by atoms with Crippen LogP contribution in [0.2, 0.25) is 0 Å². The van der Waals surface area contributed by atoms with Gasteiger partial charge in [-0.05, 0) is 81.8 Å². The monoisotopic (exact) mass is 640 g/mol. The summed E-state index contributed by atoms with van der Waals surface area (Å²) in [6, 6.07) is 34.1. The molecule has 0 amide bonds. The molecule has 0 aliphatic carbocycles. The number of hydrogen-bond donors (Lipinski definition) is 0. The third-order valence-electron chi connectivity index (χ3n) is 7.26. The summed E-state index contributed by atoms with van der Waals surface area (Å²) in [4.78, 5) is 0. The average molecular weight is 643 g/mol. The Hall–Kier alpha value is -2.46. The fourth-order valence-electron chi connectivity index (χ4n) is 5.66. The van der Waals surface area contributed by atoms with Gasteiger partial charge in [0.05, 0.1) is 0 Å². The van der Waals surface area contributed by atoms with Gasteiger partial charge in [-0.3, -0.25) is 0 Å². The van der Waals surface area contributed by atoms with E-state index in [1.807, 2.05) is 0 Å². The van der Waals surface area contributed by atoms with Crippen LogP contribution in [0.25, 0.3) is 64.6 Å². The predicted molar refractivity (Wildman–Crippen MR) is 164 cm³/mol. The third-order valence-corrected chi connectivity index (χ3v) is 9.21. The zero-order valence-electron chi connectivity index (χ0n) is 18.7. The highest BCUT2D eigenvalue weighted by molar-refractivity contribution is 9.10. The van der Waals surface area contributed by atoms with E-state index in [1.165, 1.54) is 75.8 Å². The number of alkyl halides is 2. The maximum atomic E-state index is 3.91. The van der Waals surface area contributed by atoms with Crippen molar-refractivity contribution in [1.82, 2.24) is 0 Å². The third kappa shape index (κ3) is 3.28. The topological polar surface area (TPSA) is 0 Å². The molecule has 0 atom stereocenters. The summed E-state index contributed by atoms with van der Waals surface area (Å²) in [6.45, 7) is 0. The molecule has 3 heteroatoms. The highest BCUT2D eigenvalue weighted by Gasteiger charge is 2.15. The number of hydrogen-bond acceptors (Lipinski definition) is 0. The second kappa shape index (κ2) is 8.30. The molecule has 7 aromatic carbocycles. The normalized spacial score (nSPS) is 12.1. The summed E-state index contributed by atoms with van der Waals surface area (Å²) in [5.74, 6) is 0. The minimum atomic E-state index is 0.859. The summed E-state index contributed by atoms with van der Waals surface area (Å²) >= 11 is 11.2. The molecular formula is C32H19Br3. The van der Waals surface area contributed by atoms with Gasteiger partial charge in [0.1, 0.15) is 0 Å². The van der Waals surface area contributed by atoms with E-state index in [1.54, 1.807) is 0 Å². The van der Waals surface area contributed by atoms with Crippen LogP contribution in [0.15, 0.2) is 95.5 Å². The van der Waals surface area contributed by atoms with Gasteiger partial charge in [0.15, 0.2) is 0 Å². The Balaban J connectivity index is 1.80. The Morgan fingerprint density at radius 2 is 0.857 bits per heavy atom. The van der Waals surface area contributed by atoms with Gasteiger partial charge in [-0.2, -0.15) is 0 Å². The van der Waals surface area contributed by atoms with Crippen molar-refractivity contribution in [3.63, 3.8) is 0 Å². The molecule has 0 radical (unpaired) electrons. The summed E-state index contributed by atoms with van der Waals surface area (Å²) in [6.07, 6.45) is 0. The first kappa shape index (κ1) is 21.8. The van der Waals surface area contributed by atoms with Crippen molar-refractivity contribution in [2.45, 2.75) is 10.7 Å². The van der Waals surface area contributed by atoms with E-state index in [0.717, 1.165) is 15.1 Å². The molecule has 0 nitrogen and oxygen atoms in total. The molecule has 7 aromatic rings. The Kier molecular flexibility index (Phi) is 5.17. The number of rotatable bonds is 2. The lowest BCUT2D eigenvalue weighted by Crippen LogP contribution is -1.89. The first-order valence-electron chi connectivity index (χ1n) is 11.6. The molecule has 0 unspecified atom stereocenters. The maximum Gasteiger partial charge on any atom is 0.0283 e. The lowest BCUT2D eigenvalue weighted by atomic mass is 9.89. The summed E-state index contributed by atoms with van der Waals surface area (Å²) < 4.78 is 1.14. The van der Waals surface area contributed by atoms with E-state index in [4.69, 9.17) is 0 Å². The largest absolute Gasteiger partial charge is 0.0876 e. The van der Waals surface area contributed by atoms with E-state index >= 15 is 0 Å². The molecule has 0 fully saturated rings. The van der Waals surface area contributed by atoms with Gasteiger partial charge in [-0.1, -0.05) is 133 Å². The molecule has 0 spiro atoms. The van der Waals surface area contributed by atoms with E-state index in [-0.39, 0.29) is 0 Å². The van der Waals surface area contributed by atoms with E-state index < -0.39 is 0 Å². The van der Waals surface area contributed by atoms with Crippen molar-refractivity contribution < 1.29 is 0 Å². The molecule has 0 heterocycles. The van der Waals surface area contributed by atoms with Crippen LogP contribution in [0.5, 0.6) is 0 Å². The molecule has 0 bridgehead atoms. The molecule has 168 valence electrons. The van der Waals surface area contributed by atoms with Crippen LogP contribution in [-0.2, 0) is 10.7 Å². The molecule has 0 aliphatic rings. The lowest BCUT2D eigenvalue weighted by Gasteiger charge is -2.16. The van der Waals surface area contributed by atoms with E-state index in [2.05, 4.69) is 139 Å². The Bertz CT molecular complexity index is 1990. The molecule has 0 aromatic heterocycles. The summed E-state index contributed by atoms with van der Waals surface area (Å²) in [5.41, 5.74) is 2.59. The minimum absolute atomic E-state index is 0.859. The Morgan fingerprint density at radius 1 is 0.400 bits per heavy atom. The molecule has 7 rings (SSSR count). The highest BCUT2D eigenvalue weighted by atomic mass is 79.9. The molecule has 0 N–H and O–H groups in total. The van der Waals surface area contributed by atoms with Crippen molar-refractivity contribution in [1.29, 1.82) is 0 Å². The summed E-state index contributed by atoms with van der Waals surface area (Å²) in [5, 5.41) is 17.3. The fraction of sp³-hybridized carbons (Fsp3) is 0.0625. The van der Waals surface area contributed by atoms with Crippen LogP contribution in [0.4, 0.5) is 0 Å². The van der Waals surface area contributed by atoms with Gasteiger partial charge < -0.3 is 0 Å². The lowest BCUT2D eigenvalue weighted by molar-refractivity contribution is 1.47. The smallest absolute Gasteiger partial charge is 0.0283 e. The maximum absolute atomic E-state index is 3.91. The van der Waals surface area contributed by atoms with Crippen LogP contribution in [-0.4, -0.2) is 0 Å². The first-order chi connectivity index (χ1) is 17.2. The first-order valence-corrected chi connectivity index (χ1v) is 14.7. The predicted octanol–water partition coefficient (Wildman–Crippen LogP) is 11.2. The fourth-order valence-corrected chi connectivity index (χ4v) is 6.93. The quantitative estimate of drug-likeness (QED) is 0.130. The molecule has 0 aliphatic heterocycles. The number of benzene rings is 7. The second-order valence-electron chi connectivity index (χ2n) is 9.22. The average Bonchev–Trinajstić information content (AvgIpc) is 2.91. The molecule has 35 heavy (non-hydrogen) atoms. The second-order valence-corrected chi connectivity index (χ2v) is 11.2. The van der Waals surface area contributed by atoms with Crippen molar-refractivity contribution in [2.75, 3.05) is 0 Å². The standard InChI is InChI=1S/C32H19Br3/c33-16-18-1-10-25-22(13-18)6-3-20-5-8-24-15-28(35)27-12-9-21-4-7-23-14-19(17-34)2-11-26(23)30(21)32(27)31(24)29(20)25/h1-15H,16-17H2. The van der Waals surface area contributed by atoms with Gasteiger partial charge in [0.2, 0.25) is 0 Å². The van der Waals surface area contributed by atoms with Gasteiger partial charge in [-0.25, -0.2) is 0 Å². The molecule has 0 saturated carbocycles. The van der Waals surface area contributed by atoms with Crippen LogP contribution < -0.4 is 0 Å². The Labute approximate surface area is 228 Å². The number of fused-ring (bicyclic) bond motifs is 11. The highest BCUT2D eigenvalue weighted by Crippen LogP contribution is 2.44. The van der Waals surface area contributed by atoms with Crippen LogP contribution in [0, 0.1) is 0 Å². The molecule has 0 saturated heterocycles. The van der Waals surface area contributed by atoms with Gasteiger partial charge in [-0.15, -0.1) is 0 Å². The zero-order chi connectivity index (χ0) is 23.7. The van der Waals surface area contributed by atoms with Gasteiger partial charge in [0, 0.05) is 15.1 Å². The number of halogens is 3. The van der Waals surface area contributed by atoms with Crippen LogP contribution in [0.1, 0.15) is 11.1 Å². The SMILES string of the molecule is BrCc1ccc2c(ccc3ccc4cc(Br)c5ccc6ccc7cc(CBr)ccc7c6c5c4c32)c1. The molecular weight excluding hydrogens is 624 g/mol. The zero-order valence-corrected chi connectivity index (χ0v) is 23.5. The van der Waals surface area contributed by atoms with Crippen LogP contribution >= 0.6 is 47.8 Å². The van der Waals surface area contributed by atoms with Crippen molar-refractivity contribution in [2.24, 2.45) is 0 Å². The Morgan fingerprint density at radius 3 is 1.43 bits per heavy atom. The van der Waals surface area contributed by atoms with E-state index in [0.29, 0.717) is 0 Å². The van der Waals surface area contributed by atoms with Crippen molar-refractivity contribution >= 4 is 112 Å². The van der Waals surface area contributed by atoms with Gasteiger partial charge >= 0.3 is 0 Å². The van der Waals surface area contributed by atoms with Crippen molar-refractivity contribution in [3.8, 4) is 0 Å².